The second-order valence-electron chi connectivity index (χ2n) is 12.7. The maximum Gasteiger partial charge on any atom is 0.315 e. The zero-order chi connectivity index (χ0) is 28.5. The molecule has 8 rings (SSSR count). The van der Waals surface area contributed by atoms with E-state index in [0.29, 0.717) is 18.7 Å². The average Bonchev–Trinajstić information content (AvgIpc) is 3.52. The van der Waals surface area contributed by atoms with Crippen LogP contribution in [0.25, 0.3) is 0 Å². The fourth-order valence-electron chi connectivity index (χ4n) is 7.98. The number of thioether (sulfide) groups is 1. The van der Waals surface area contributed by atoms with Crippen molar-refractivity contribution in [3.63, 3.8) is 0 Å². The Hall–Kier alpha value is -2.92. The minimum Gasteiger partial charge on any atom is -0.392 e. The molecule has 0 spiro atoms. The first-order chi connectivity index (χ1) is 20.5. The number of urea groups is 1. The molecule has 9 nitrogen and oxygen atoms in total. The standard InChI is InChI=1S/C32H39N5O4S/c38-17-21-3-5-25(6-4-21)28-12-27(18-42-31-34-19-35-37-31)40-29(41-28)26-7-1-20(2-8-26)16-33-30(39)36-32-13-22-9-23(14-32)11-24(10-22)15-32/h1-8,19,22-24,27-29,38H,9-18H2,(H2,33,36,39)(H,34,35,37)/t22?,23?,24?,27-,28+,29+,32?/m0/s1. The minimum absolute atomic E-state index is 0.00951. The lowest BCUT2D eigenvalue weighted by Crippen LogP contribution is -2.61. The van der Waals surface area contributed by atoms with Gasteiger partial charge >= 0.3 is 6.03 Å². The number of hydrogen-bond acceptors (Lipinski definition) is 7. The van der Waals surface area contributed by atoms with E-state index in [0.717, 1.165) is 64.4 Å². The number of amides is 2. The maximum atomic E-state index is 12.9. The number of nitrogens with zero attached hydrogens (tertiary/aromatic N) is 2. The molecule has 2 aromatic carbocycles. The first kappa shape index (κ1) is 27.9. The summed E-state index contributed by atoms with van der Waals surface area (Å²) in [6, 6.07) is 16.0. The van der Waals surface area contributed by atoms with Crippen LogP contribution in [0.15, 0.2) is 60.0 Å². The van der Waals surface area contributed by atoms with Crippen molar-refractivity contribution in [1.82, 2.24) is 25.8 Å². The lowest BCUT2D eigenvalue weighted by molar-refractivity contribution is -0.245. The second-order valence-corrected chi connectivity index (χ2v) is 13.7. The normalized spacial score (nSPS) is 31.6. The van der Waals surface area contributed by atoms with Crippen molar-refractivity contribution in [3.05, 3.63) is 77.1 Å². The Labute approximate surface area is 250 Å². The number of nitrogens with one attached hydrogen (secondary N) is 3. The third kappa shape index (κ3) is 6.22. The fourth-order valence-corrected chi connectivity index (χ4v) is 8.78. The topological polar surface area (TPSA) is 121 Å². The number of carbonyl (C=O) groups is 1. The van der Waals surface area contributed by atoms with Crippen LogP contribution in [0.4, 0.5) is 4.79 Å². The summed E-state index contributed by atoms with van der Waals surface area (Å²) in [4.78, 5) is 17.1. The van der Waals surface area contributed by atoms with E-state index in [1.54, 1.807) is 11.8 Å². The van der Waals surface area contributed by atoms with Crippen LogP contribution >= 0.6 is 11.8 Å². The molecule has 3 atom stereocenters. The summed E-state index contributed by atoms with van der Waals surface area (Å²) in [5, 5.41) is 23.5. The van der Waals surface area contributed by atoms with Gasteiger partial charge in [0.15, 0.2) is 11.4 Å². The Balaban J connectivity index is 0.979. The summed E-state index contributed by atoms with van der Waals surface area (Å²) in [5.74, 6) is 3.11. The molecule has 1 saturated heterocycles. The van der Waals surface area contributed by atoms with Crippen molar-refractivity contribution in [1.29, 1.82) is 0 Å². The molecule has 5 fully saturated rings. The molecule has 1 aliphatic heterocycles. The third-order valence-electron chi connectivity index (χ3n) is 9.54. The summed E-state index contributed by atoms with van der Waals surface area (Å²) >= 11 is 1.58. The first-order valence-corrected chi connectivity index (χ1v) is 16.1. The Morgan fingerprint density at radius 2 is 1.60 bits per heavy atom. The quantitative estimate of drug-likeness (QED) is 0.247. The van der Waals surface area contributed by atoms with Crippen LogP contribution in [-0.2, 0) is 22.6 Å². The summed E-state index contributed by atoms with van der Waals surface area (Å²) in [6.07, 6.45) is 9.00. The van der Waals surface area contributed by atoms with Gasteiger partial charge in [-0.25, -0.2) is 9.78 Å². The van der Waals surface area contributed by atoms with Crippen LogP contribution in [0.1, 0.15) is 79.6 Å². The van der Waals surface area contributed by atoms with E-state index in [1.165, 1.54) is 25.6 Å². The molecule has 2 heterocycles. The molecule has 222 valence electrons. The van der Waals surface area contributed by atoms with Crippen LogP contribution in [0.2, 0.25) is 0 Å². The number of ether oxygens (including phenoxy) is 2. The Morgan fingerprint density at radius 3 is 2.24 bits per heavy atom. The van der Waals surface area contributed by atoms with Crippen molar-refractivity contribution in [3.8, 4) is 0 Å². The van der Waals surface area contributed by atoms with Crippen molar-refractivity contribution in [2.75, 3.05) is 5.75 Å². The molecule has 3 aromatic rings. The fraction of sp³-hybridized carbons (Fsp3) is 0.531. The van der Waals surface area contributed by atoms with E-state index < -0.39 is 6.29 Å². The highest BCUT2D eigenvalue weighted by molar-refractivity contribution is 7.99. The van der Waals surface area contributed by atoms with Crippen LogP contribution in [-0.4, -0.2) is 43.7 Å². The molecule has 4 bridgehead atoms. The number of benzene rings is 2. The molecule has 42 heavy (non-hydrogen) atoms. The first-order valence-electron chi connectivity index (χ1n) is 15.2. The highest BCUT2D eigenvalue weighted by Crippen LogP contribution is 2.55. The molecular weight excluding hydrogens is 550 g/mol. The molecule has 10 heteroatoms. The Morgan fingerprint density at radius 1 is 0.929 bits per heavy atom. The smallest absolute Gasteiger partial charge is 0.315 e. The SMILES string of the molecule is O=C(NCc1ccc([C@@H]2O[C@H](CSc3ncn[nH]3)C[C@H](c3ccc(CO)cc3)O2)cc1)NC12CC3CC(CC(C3)C1)C2. The number of hydrogen-bond donors (Lipinski definition) is 4. The van der Waals surface area contributed by atoms with Crippen LogP contribution in [0.5, 0.6) is 0 Å². The molecule has 5 aliphatic rings. The number of carbonyl (C=O) groups excluding carboxylic acids is 1. The van der Waals surface area contributed by atoms with Gasteiger partial charge in [0.2, 0.25) is 0 Å². The van der Waals surface area contributed by atoms with E-state index in [9.17, 15) is 9.90 Å². The molecule has 2 amide bonds. The second kappa shape index (κ2) is 12.0. The predicted octanol–water partition coefficient (Wildman–Crippen LogP) is 5.40. The van der Waals surface area contributed by atoms with Gasteiger partial charge in [0, 0.05) is 29.8 Å². The van der Waals surface area contributed by atoms with Crippen molar-refractivity contribution < 1.29 is 19.4 Å². The molecule has 4 aliphatic carbocycles. The minimum atomic E-state index is -0.525. The third-order valence-corrected chi connectivity index (χ3v) is 10.5. The number of aliphatic hydroxyl groups is 1. The van der Waals surface area contributed by atoms with Crippen LogP contribution in [0, 0.1) is 17.8 Å². The summed E-state index contributed by atoms with van der Waals surface area (Å²) in [7, 11) is 0. The molecule has 0 unspecified atom stereocenters. The lowest BCUT2D eigenvalue weighted by Gasteiger charge is -2.56. The number of aromatic amines is 1. The highest BCUT2D eigenvalue weighted by Gasteiger charge is 2.51. The number of rotatable bonds is 9. The van der Waals surface area contributed by atoms with E-state index in [1.807, 2.05) is 48.5 Å². The monoisotopic (exact) mass is 589 g/mol. The number of aromatic nitrogens is 3. The summed E-state index contributed by atoms with van der Waals surface area (Å²) < 4.78 is 12.9. The molecular formula is C32H39N5O4S. The van der Waals surface area contributed by atoms with Gasteiger partial charge in [-0.2, -0.15) is 5.10 Å². The van der Waals surface area contributed by atoms with E-state index in [4.69, 9.17) is 9.47 Å². The van der Waals surface area contributed by atoms with Gasteiger partial charge in [0.05, 0.1) is 18.8 Å². The van der Waals surface area contributed by atoms with Gasteiger partial charge in [-0.05, 0) is 73.0 Å². The van der Waals surface area contributed by atoms with Crippen LogP contribution in [0.3, 0.4) is 0 Å². The molecule has 4 saturated carbocycles. The van der Waals surface area contributed by atoms with E-state index in [-0.39, 0.29) is 30.4 Å². The Kier molecular flexibility index (Phi) is 7.96. The molecule has 1 aromatic heterocycles. The number of H-pyrrole nitrogens is 1. The predicted molar refractivity (Wildman–Crippen MR) is 158 cm³/mol. The van der Waals surface area contributed by atoms with Crippen molar-refractivity contribution >= 4 is 17.8 Å². The highest BCUT2D eigenvalue weighted by atomic mass is 32.2. The molecule has 0 radical (unpaired) electrons. The van der Waals surface area contributed by atoms with E-state index >= 15 is 0 Å². The largest absolute Gasteiger partial charge is 0.392 e. The zero-order valence-corrected chi connectivity index (χ0v) is 24.5. The van der Waals surface area contributed by atoms with Gasteiger partial charge in [-0.3, -0.25) is 5.10 Å². The number of aliphatic hydroxyl groups excluding tert-OH is 1. The Bertz CT molecular complexity index is 1310. The van der Waals surface area contributed by atoms with E-state index in [2.05, 4.69) is 25.8 Å². The zero-order valence-electron chi connectivity index (χ0n) is 23.7. The lowest BCUT2D eigenvalue weighted by atomic mass is 9.53. The van der Waals surface area contributed by atoms with Gasteiger partial charge < -0.3 is 25.2 Å². The van der Waals surface area contributed by atoms with Crippen molar-refractivity contribution in [2.24, 2.45) is 17.8 Å². The molecule has 4 N–H and O–H groups in total. The maximum absolute atomic E-state index is 12.9. The van der Waals surface area contributed by atoms with Gasteiger partial charge in [-0.15, -0.1) is 0 Å². The van der Waals surface area contributed by atoms with Crippen molar-refractivity contribution in [2.45, 2.75) is 87.3 Å². The van der Waals surface area contributed by atoms with Gasteiger partial charge in [-0.1, -0.05) is 60.3 Å². The van der Waals surface area contributed by atoms with Crippen LogP contribution < -0.4 is 10.6 Å². The average molecular weight is 590 g/mol. The summed E-state index contributed by atoms with van der Waals surface area (Å²) in [6.45, 7) is 0.486. The van der Waals surface area contributed by atoms with Gasteiger partial charge in [0.25, 0.3) is 0 Å². The van der Waals surface area contributed by atoms with Gasteiger partial charge in [0.1, 0.15) is 6.33 Å². The summed E-state index contributed by atoms with van der Waals surface area (Å²) in [5.41, 5.74) is 3.90.